The molecule has 2 unspecified atom stereocenters. The third kappa shape index (κ3) is 56.4. The molecular formula is C84H157N2O18P. The van der Waals surface area contributed by atoms with Gasteiger partial charge in [0.15, 0.2) is 6.29 Å². The Morgan fingerprint density at radius 1 is 0.390 bits per heavy atom. The number of nitrogens with one attached hydrogen (secondary N) is 2. The molecule has 616 valence electrons. The zero-order chi connectivity index (χ0) is 77.2. The van der Waals surface area contributed by atoms with Gasteiger partial charge in [-0.15, -0.1) is 0 Å². The molecule has 1 rings (SSSR count). The van der Waals surface area contributed by atoms with Crippen LogP contribution in [0.15, 0.2) is 0 Å². The molecule has 0 bridgehead atoms. The van der Waals surface area contributed by atoms with E-state index >= 15 is 0 Å². The summed E-state index contributed by atoms with van der Waals surface area (Å²) in [4.78, 5) is 120. The Morgan fingerprint density at radius 3 is 0.990 bits per heavy atom. The van der Waals surface area contributed by atoms with Crippen LogP contribution in [0, 0.1) is 5.92 Å². The molecule has 0 aromatic rings. The van der Waals surface area contributed by atoms with Crippen molar-refractivity contribution < 1.29 is 86.2 Å². The van der Waals surface area contributed by atoms with Gasteiger partial charge in [0.2, 0.25) is 11.8 Å². The van der Waals surface area contributed by atoms with Crippen LogP contribution in [-0.4, -0.2) is 132 Å². The normalized spacial score (nSPS) is 17.2. The standard InChI is InChI=1S/C84H157N2O18P/c1-8-14-20-26-32-35-41-44-50-56-71(101-77(91)59-53-47-38-29-23-17-11-4)63-70(88)62-69(83(94)98-7)67-99-84-81(86-76(90)65-73(58-52-46-43-37-34-28-22-16-10-3)103-79(93)61-55-49-40-31-25-19-13-6)80(82(74(66-87)104-84)100-68-105(95,96)97)85-75(89)64-72(57-51-45-42-36-33-27-21-15-9-2)102-78(92)60-54-48-39-30-24-18-12-5/h69,71-74,80-82,84,87H,8-68H2,1-7H3,(H,85,89)(H,86,90)(H2,95,96,97)/t69-,71+,72+,73+,74?,80+,81?,82+,84+/m0/s1. The Hall–Kier alpha value is -3.52. The second-order valence-corrected chi connectivity index (χ2v) is 32.1. The van der Waals surface area contributed by atoms with Crippen molar-refractivity contribution in [1.29, 1.82) is 0 Å². The van der Waals surface area contributed by atoms with Crippen molar-refractivity contribution in [3.05, 3.63) is 0 Å². The minimum atomic E-state index is -4.96. The average molecular weight is 1510 g/mol. The number of ether oxygens (including phenoxy) is 7. The van der Waals surface area contributed by atoms with Gasteiger partial charge in [-0.05, 0) is 57.8 Å². The van der Waals surface area contributed by atoms with Crippen LogP contribution in [0.1, 0.15) is 414 Å². The lowest BCUT2D eigenvalue weighted by Gasteiger charge is -2.46. The first-order valence-corrected chi connectivity index (χ1v) is 45.0. The molecule has 1 saturated heterocycles. The van der Waals surface area contributed by atoms with Crippen molar-refractivity contribution in [3.8, 4) is 0 Å². The van der Waals surface area contributed by atoms with Gasteiger partial charge in [0, 0.05) is 32.1 Å². The molecule has 20 nitrogen and oxygen atoms in total. The summed E-state index contributed by atoms with van der Waals surface area (Å²) >= 11 is 0. The second-order valence-electron chi connectivity index (χ2n) is 30.5. The topological polar surface area (TPSA) is 286 Å². The van der Waals surface area contributed by atoms with Crippen molar-refractivity contribution in [2.75, 3.05) is 26.7 Å². The number of methoxy groups -OCH3 is 1. The van der Waals surface area contributed by atoms with Gasteiger partial charge in [0.05, 0.1) is 45.1 Å². The highest BCUT2D eigenvalue weighted by atomic mass is 31.2. The molecule has 0 saturated carbocycles. The fraction of sp³-hybridized carbons (Fsp3) is 0.917. The van der Waals surface area contributed by atoms with E-state index in [9.17, 15) is 53.0 Å². The molecule has 0 aromatic heterocycles. The Kier molecular flexibility index (Phi) is 64.9. The minimum absolute atomic E-state index is 0.163. The number of amides is 2. The molecule has 1 aliphatic heterocycles. The molecule has 5 N–H and O–H groups in total. The van der Waals surface area contributed by atoms with Gasteiger partial charge in [0.25, 0.3) is 0 Å². The lowest BCUT2D eigenvalue weighted by atomic mass is 9.92. The Morgan fingerprint density at radius 2 is 0.686 bits per heavy atom. The average Bonchev–Trinajstić information content (AvgIpc) is 0.784. The highest BCUT2D eigenvalue weighted by molar-refractivity contribution is 7.51. The smallest absolute Gasteiger partial charge is 0.350 e. The van der Waals surface area contributed by atoms with Crippen molar-refractivity contribution in [2.45, 2.75) is 463 Å². The first kappa shape index (κ1) is 99.5. The lowest BCUT2D eigenvalue weighted by Crippen LogP contribution is -2.70. The van der Waals surface area contributed by atoms with Gasteiger partial charge in [-0.3, -0.25) is 38.1 Å². The van der Waals surface area contributed by atoms with Gasteiger partial charge in [-0.2, -0.15) is 0 Å². The SMILES string of the molecule is CCCCCCCCCCC[C@H](CC(=O)C[C@@H](CO[C@@H]1OC(CO)[C@@H](OCP(=O)(O)O)[C@H](NC(=O)C[C@@H](CCCCCCCCCCC)OC(=O)CCCCCCCCC)C1NC(=O)C[C@@H](CCCCCCCCCCC)OC(=O)CCCCCCCCC)C(=O)OC)OC(=O)CCCCCCCCC. The van der Waals surface area contributed by atoms with Gasteiger partial charge >= 0.3 is 31.5 Å². The highest BCUT2D eigenvalue weighted by Crippen LogP contribution is 2.37. The summed E-state index contributed by atoms with van der Waals surface area (Å²) in [7, 11) is -3.78. The summed E-state index contributed by atoms with van der Waals surface area (Å²) in [5.74, 6) is -5.06. The molecule has 9 atom stereocenters. The van der Waals surface area contributed by atoms with E-state index in [4.69, 9.17) is 33.2 Å². The maximum atomic E-state index is 15.0. The van der Waals surface area contributed by atoms with E-state index in [-0.39, 0.29) is 44.5 Å². The number of aliphatic hydroxyl groups excluding tert-OH is 1. The molecule has 0 aliphatic carbocycles. The number of carbonyl (C=O) groups is 7. The second kappa shape index (κ2) is 68.5. The predicted molar refractivity (Wildman–Crippen MR) is 419 cm³/mol. The highest BCUT2D eigenvalue weighted by Gasteiger charge is 2.50. The van der Waals surface area contributed by atoms with Crippen LogP contribution in [0.25, 0.3) is 0 Å². The minimum Gasteiger partial charge on any atom is -0.469 e. The third-order valence-electron chi connectivity index (χ3n) is 20.5. The fourth-order valence-corrected chi connectivity index (χ4v) is 14.5. The number of hydrogen-bond donors (Lipinski definition) is 5. The Bertz CT molecular complexity index is 2200. The third-order valence-corrected chi connectivity index (χ3v) is 21.0. The number of carbonyl (C=O) groups excluding carboxylic acids is 7. The number of esters is 4. The fourth-order valence-electron chi connectivity index (χ4n) is 14.1. The number of ketones is 1. The molecule has 1 fully saturated rings. The number of hydrogen-bond acceptors (Lipinski definition) is 16. The van der Waals surface area contributed by atoms with Crippen LogP contribution >= 0.6 is 7.60 Å². The van der Waals surface area contributed by atoms with E-state index in [1.165, 1.54) is 77.7 Å². The van der Waals surface area contributed by atoms with Crippen LogP contribution in [0.3, 0.4) is 0 Å². The van der Waals surface area contributed by atoms with Crippen LogP contribution in [0.5, 0.6) is 0 Å². The van der Waals surface area contributed by atoms with Crippen molar-refractivity contribution >= 4 is 49.1 Å². The van der Waals surface area contributed by atoms with Gasteiger partial charge in [0.1, 0.15) is 48.7 Å². The summed E-state index contributed by atoms with van der Waals surface area (Å²) in [5.41, 5.74) is 0. The summed E-state index contributed by atoms with van der Waals surface area (Å²) in [6.45, 7) is 11.7. The number of rotatable bonds is 75. The quantitative estimate of drug-likeness (QED) is 0.0164. The van der Waals surface area contributed by atoms with Crippen molar-refractivity contribution in [3.63, 3.8) is 0 Å². The van der Waals surface area contributed by atoms with Crippen LogP contribution in [-0.2, 0) is 71.3 Å². The van der Waals surface area contributed by atoms with E-state index in [2.05, 4.69) is 52.2 Å². The monoisotopic (exact) mass is 1510 g/mol. The van der Waals surface area contributed by atoms with E-state index < -0.39 is 124 Å². The molecule has 21 heteroatoms. The molecule has 1 aliphatic rings. The molecule has 0 radical (unpaired) electrons. The summed E-state index contributed by atoms with van der Waals surface area (Å²) < 4.78 is 55.2. The first-order valence-electron chi connectivity index (χ1n) is 43.2. The molecule has 2 amide bonds. The summed E-state index contributed by atoms with van der Waals surface area (Å²) in [6, 6.07) is -3.00. The molecule has 0 spiro atoms. The molecule has 1 heterocycles. The van der Waals surface area contributed by atoms with Crippen molar-refractivity contribution in [1.82, 2.24) is 10.6 Å². The van der Waals surface area contributed by atoms with Crippen LogP contribution in [0.2, 0.25) is 0 Å². The van der Waals surface area contributed by atoms with Gasteiger partial charge < -0.3 is 58.7 Å². The van der Waals surface area contributed by atoms with E-state index in [1.54, 1.807) is 0 Å². The van der Waals surface area contributed by atoms with Crippen LogP contribution in [0.4, 0.5) is 0 Å². The number of Topliss-reactive ketones (excluding diaryl/α,β-unsaturated/α-hetero) is 1. The van der Waals surface area contributed by atoms with Gasteiger partial charge in [-0.1, -0.05) is 311 Å². The Balaban J connectivity index is 3.93. The zero-order valence-corrected chi connectivity index (χ0v) is 68.6. The summed E-state index contributed by atoms with van der Waals surface area (Å²) in [5, 5.41) is 17.1. The van der Waals surface area contributed by atoms with Gasteiger partial charge in [-0.25, -0.2) is 0 Å². The van der Waals surface area contributed by atoms with E-state index in [0.717, 1.165) is 205 Å². The van der Waals surface area contributed by atoms with E-state index in [1.807, 2.05) is 0 Å². The maximum Gasteiger partial charge on any atom is 0.350 e. The number of aliphatic hydroxyl groups is 1. The molecular weight excluding hydrogens is 1360 g/mol. The Labute approximate surface area is 638 Å². The summed E-state index contributed by atoms with van der Waals surface area (Å²) in [6.07, 6.45) is 41.9. The molecule has 0 aromatic carbocycles. The number of unbranched alkanes of at least 4 members (excludes halogenated alkanes) is 42. The van der Waals surface area contributed by atoms with Crippen molar-refractivity contribution in [2.24, 2.45) is 5.92 Å². The van der Waals surface area contributed by atoms with Crippen LogP contribution < -0.4 is 10.6 Å². The lowest BCUT2D eigenvalue weighted by molar-refractivity contribution is -0.258. The van der Waals surface area contributed by atoms with E-state index in [0.29, 0.717) is 51.4 Å². The maximum absolute atomic E-state index is 15.0. The largest absolute Gasteiger partial charge is 0.469 e. The molecule has 105 heavy (non-hydrogen) atoms. The first-order chi connectivity index (χ1) is 50.9. The zero-order valence-electron chi connectivity index (χ0n) is 67.7. The predicted octanol–water partition coefficient (Wildman–Crippen LogP) is 20.0.